The maximum absolute atomic E-state index is 13.4. The van der Waals surface area contributed by atoms with Crippen molar-refractivity contribution in [3.05, 3.63) is 34.1 Å². The van der Waals surface area contributed by atoms with Gasteiger partial charge in [-0.1, -0.05) is 20.8 Å². The van der Waals surface area contributed by atoms with E-state index in [4.69, 9.17) is 0 Å². The molecule has 1 aliphatic rings. The van der Waals surface area contributed by atoms with Gasteiger partial charge in [0, 0.05) is 17.1 Å². The molecule has 1 atom stereocenters. The van der Waals surface area contributed by atoms with Gasteiger partial charge < -0.3 is 4.90 Å². The minimum Gasteiger partial charge on any atom is -0.336 e. The number of hydrogen-bond donors (Lipinski definition) is 0. The zero-order valence-corrected chi connectivity index (χ0v) is 13.8. The van der Waals surface area contributed by atoms with Crippen LogP contribution in [0, 0.1) is 11.2 Å². The molecule has 0 aromatic heterocycles. The normalized spacial score (nSPS) is 19.4. The van der Waals surface area contributed by atoms with E-state index < -0.39 is 0 Å². The summed E-state index contributed by atoms with van der Waals surface area (Å²) in [7, 11) is 0. The van der Waals surface area contributed by atoms with Crippen LogP contribution in [0.1, 0.15) is 50.4 Å². The molecular weight excluding hydrogens is 321 g/mol. The third-order valence-corrected chi connectivity index (χ3v) is 4.34. The Morgan fingerprint density at radius 2 is 2.15 bits per heavy atom. The van der Waals surface area contributed by atoms with Gasteiger partial charge in [0.2, 0.25) is 0 Å². The Balaban J connectivity index is 2.21. The monoisotopic (exact) mass is 341 g/mol. The lowest BCUT2D eigenvalue weighted by Crippen LogP contribution is -2.37. The Labute approximate surface area is 128 Å². The quantitative estimate of drug-likeness (QED) is 0.767. The van der Waals surface area contributed by atoms with E-state index in [2.05, 4.69) is 36.7 Å². The van der Waals surface area contributed by atoms with Crippen LogP contribution in [-0.2, 0) is 0 Å². The van der Waals surface area contributed by atoms with E-state index >= 15 is 0 Å². The molecule has 0 aliphatic carbocycles. The zero-order chi connectivity index (χ0) is 14.9. The molecule has 0 N–H and O–H groups in total. The Kier molecular flexibility index (Phi) is 4.52. The van der Waals surface area contributed by atoms with Gasteiger partial charge in [0.15, 0.2) is 0 Å². The summed E-state index contributed by atoms with van der Waals surface area (Å²) in [5.74, 6) is -0.439. The van der Waals surface area contributed by atoms with Gasteiger partial charge in [0.25, 0.3) is 5.91 Å². The lowest BCUT2D eigenvalue weighted by atomic mass is 9.87. The summed E-state index contributed by atoms with van der Waals surface area (Å²) < 4.78 is 14.0. The molecule has 0 bridgehead atoms. The van der Waals surface area contributed by atoms with Crippen molar-refractivity contribution >= 4 is 21.8 Å². The molecule has 1 heterocycles. The Hall–Kier alpha value is -0.900. The van der Waals surface area contributed by atoms with Crippen LogP contribution in [0.25, 0.3) is 0 Å². The van der Waals surface area contributed by atoms with Crippen molar-refractivity contribution in [1.82, 2.24) is 4.90 Å². The van der Waals surface area contributed by atoms with E-state index in [9.17, 15) is 9.18 Å². The fraction of sp³-hybridized carbons (Fsp3) is 0.562. The number of benzene rings is 1. The molecule has 0 spiro atoms. The van der Waals surface area contributed by atoms with Crippen LogP contribution >= 0.6 is 15.9 Å². The van der Waals surface area contributed by atoms with Gasteiger partial charge in [-0.15, -0.1) is 0 Å². The van der Waals surface area contributed by atoms with Gasteiger partial charge in [-0.3, -0.25) is 4.79 Å². The van der Waals surface area contributed by atoms with Gasteiger partial charge in [-0.2, -0.15) is 0 Å². The van der Waals surface area contributed by atoms with E-state index in [0.29, 0.717) is 10.0 Å². The third-order valence-electron chi connectivity index (χ3n) is 3.64. The molecule has 1 amide bonds. The predicted octanol–water partition coefficient (Wildman–Crippen LogP) is 4.63. The van der Waals surface area contributed by atoms with Crippen molar-refractivity contribution in [2.75, 3.05) is 6.54 Å². The SMILES string of the molecule is CC(C)(C)CC1CCCN1C(=O)c1cc(F)ccc1Br. The standard InChI is InChI=1S/C16H21BrFNO/c1-16(2,3)10-12-5-4-8-19(12)15(20)13-9-11(18)6-7-14(13)17/h6-7,9,12H,4-5,8,10H2,1-3H3. The van der Waals surface area contributed by atoms with Gasteiger partial charge in [0.1, 0.15) is 5.82 Å². The lowest BCUT2D eigenvalue weighted by molar-refractivity contribution is 0.0702. The van der Waals surface area contributed by atoms with E-state index in [1.807, 2.05) is 4.90 Å². The number of nitrogens with zero attached hydrogens (tertiary/aromatic N) is 1. The molecule has 1 aliphatic heterocycles. The number of amides is 1. The minimum atomic E-state index is -0.372. The zero-order valence-electron chi connectivity index (χ0n) is 12.2. The maximum Gasteiger partial charge on any atom is 0.255 e. The predicted molar refractivity (Wildman–Crippen MR) is 82.2 cm³/mol. The summed E-state index contributed by atoms with van der Waals surface area (Å²) >= 11 is 3.35. The second-order valence-corrected chi connectivity index (χ2v) is 7.54. The van der Waals surface area contributed by atoms with Crippen molar-refractivity contribution in [3.63, 3.8) is 0 Å². The van der Waals surface area contributed by atoms with Gasteiger partial charge in [-0.05, 0) is 58.8 Å². The van der Waals surface area contributed by atoms with Crippen LogP contribution < -0.4 is 0 Å². The first-order valence-electron chi connectivity index (χ1n) is 7.04. The molecule has 20 heavy (non-hydrogen) atoms. The number of carbonyl (C=O) groups is 1. The van der Waals surface area contributed by atoms with E-state index in [1.54, 1.807) is 6.07 Å². The Bertz CT molecular complexity index is 510. The number of halogens is 2. The molecule has 0 radical (unpaired) electrons. The Morgan fingerprint density at radius 3 is 2.80 bits per heavy atom. The van der Waals surface area contributed by atoms with Crippen LogP contribution in [0.15, 0.2) is 22.7 Å². The van der Waals surface area contributed by atoms with Crippen LogP contribution in [0.4, 0.5) is 4.39 Å². The highest BCUT2D eigenvalue weighted by Gasteiger charge is 2.32. The minimum absolute atomic E-state index is 0.0666. The molecule has 1 aromatic carbocycles. The first-order valence-corrected chi connectivity index (χ1v) is 7.83. The summed E-state index contributed by atoms with van der Waals surface area (Å²) in [5.41, 5.74) is 0.609. The van der Waals surface area contributed by atoms with Crippen molar-refractivity contribution in [3.8, 4) is 0 Å². The van der Waals surface area contributed by atoms with Crippen molar-refractivity contribution in [2.24, 2.45) is 5.41 Å². The number of hydrogen-bond acceptors (Lipinski definition) is 1. The molecule has 1 saturated heterocycles. The average Bonchev–Trinajstić information content (AvgIpc) is 2.77. The van der Waals surface area contributed by atoms with Gasteiger partial charge in [-0.25, -0.2) is 4.39 Å². The molecule has 1 unspecified atom stereocenters. The lowest BCUT2D eigenvalue weighted by Gasteiger charge is -2.30. The van der Waals surface area contributed by atoms with E-state index in [0.717, 1.165) is 25.8 Å². The number of carbonyl (C=O) groups excluding carboxylic acids is 1. The first kappa shape index (κ1) is 15.5. The summed E-state index contributed by atoms with van der Waals surface area (Å²) in [6.45, 7) is 7.33. The molecule has 2 rings (SSSR count). The van der Waals surface area contributed by atoms with Crippen LogP contribution in [0.3, 0.4) is 0 Å². The van der Waals surface area contributed by atoms with Crippen molar-refractivity contribution in [1.29, 1.82) is 0 Å². The summed E-state index contributed by atoms with van der Waals surface area (Å²) in [4.78, 5) is 14.6. The van der Waals surface area contributed by atoms with Gasteiger partial charge in [0.05, 0.1) is 5.56 Å². The van der Waals surface area contributed by atoms with Gasteiger partial charge >= 0.3 is 0 Å². The molecule has 1 aromatic rings. The van der Waals surface area contributed by atoms with E-state index in [1.165, 1.54) is 12.1 Å². The number of likely N-dealkylation sites (tertiary alicyclic amines) is 1. The number of rotatable bonds is 2. The average molecular weight is 342 g/mol. The topological polar surface area (TPSA) is 20.3 Å². The molecule has 0 saturated carbocycles. The Morgan fingerprint density at radius 1 is 1.45 bits per heavy atom. The van der Waals surface area contributed by atoms with Crippen LogP contribution in [-0.4, -0.2) is 23.4 Å². The fourth-order valence-corrected chi connectivity index (χ4v) is 3.25. The van der Waals surface area contributed by atoms with E-state index in [-0.39, 0.29) is 23.2 Å². The second kappa shape index (κ2) is 5.84. The van der Waals surface area contributed by atoms with Crippen LogP contribution in [0.2, 0.25) is 0 Å². The fourth-order valence-electron chi connectivity index (χ4n) is 2.84. The van der Waals surface area contributed by atoms with Crippen LogP contribution in [0.5, 0.6) is 0 Å². The largest absolute Gasteiger partial charge is 0.336 e. The summed E-state index contributed by atoms with van der Waals surface area (Å²) in [6, 6.07) is 4.53. The third kappa shape index (κ3) is 3.60. The molecule has 4 heteroatoms. The highest BCUT2D eigenvalue weighted by molar-refractivity contribution is 9.10. The summed E-state index contributed by atoms with van der Waals surface area (Å²) in [5, 5.41) is 0. The highest BCUT2D eigenvalue weighted by Crippen LogP contribution is 2.32. The maximum atomic E-state index is 13.4. The molecular formula is C16H21BrFNO. The molecule has 110 valence electrons. The van der Waals surface area contributed by atoms with Crippen molar-refractivity contribution in [2.45, 2.75) is 46.1 Å². The highest BCUT2D eigenvalue weighted by atomic mass is 79.9. The molecule has 2 nitrogen and oxygen atoms in total. The smallest absolute Gasteiger partial charge is 0.255 e. The first-order chi connectivity index (χ1) is 9.28. The second-order valence-electron chi connectivity index (χ2n) is 6.68. The summed E-state index contributed by atoms with van der Waals surface area (Å²) in [6.07, 6.45) is 3.04. The van der Waals surface area contributed by atoms with Crippen molar-refractivity contribution < 1.29 is 9.18 Å². The molecule has 1 fully saturated rings.